The Bertz CT molecular complexity index is 619. The summed E-state index contributed by atoms with van der Waals surface area (Å²) in [5.41, 5.74) is 1.50. The zero-order chi connectivity index (χ0) is 18.3. The molecular weight excluding hydrogens is 328 g/mol. The molecule has 11 nitrogen and oxygen atoms in total. The van der Waals surface area contributed by atoms with Crippen molar-refractivity contribution in [3.63, 3.8) is 0 Å². The number of hydrogen-bond acceptors (Lipinski definition) is 9. The molecule has 7 N–H and O–H groups in total. The molecule has 0 aliphatic rings. The van der Waals surface area contributed by atoms with Gasteiger partial charge in [0.05, 0.1) is 13.2 Å². The van der Waals surface area contributed by atoms with Crippen LogP contribution in [-0.2, 0) is 14.4 Å². The van der Waals surface area contributed by atoms with Gasteiger partial charge in [0.2, 0.25) is 5.91 Å². The monoisotopic (exact) mass is 344 g/mol. The van der Waals surface area contributed by atoms with E-state index in [1.807, 2.05) is 10.8 Å². The average molecular weight is 344 g/mol. The Morgan fingerprint density at radius 2 is 1.71 bits per heavy atom. The van der Waals surface area contributed by atoms with E-state index in [-0.39, 0.29) is 0 Å². The van der Waals surface area contributed by atoms with E-state index in [9.17, 15) is 24.6 Å². The second kappa shape index (κ2) is 8.67. The molecule has 1 amide bonds. The summed E-state index contributed by atoms with van der Waals surface area (Å²) < 4.78 is 0. The maximum absolute atomic E-state index is 11.7. The second-order valence-corrected chi connectivity index (χ2v) is 4.50. The highest BCUT2D eigenvalue weighted by atomic mass is 16.7. The predicted molar refractivity (Wildman–Crippen MR) is 75.8 cm³/mol. The summed E-state index contributed by atoms with van der Waals surface area (Å²) in [4.78, 5) is 38.7. The molecule has 0 fully saturated rings. The van der Waals surface area contributed by atoms with E-state index >= 15 is 0 Å². The summed E-state index contributed by atoms with van der Waals surface area (Å²) in [6.07, 6.45) is 0. The highest BCUT2D eigenvalue weighted by Crippen LogP contribution is 2.28. The van der Waals surface area contributed by atoms with Crippen LogP contribution in [-0.4, -0.2) is 68.7 Å². The molecule has 0 spiro atoms. The Kier molecular flexibility index (Phi) is 6.92. The minimum absolute atomic E-state index is 0.404. The first-order chi connectivity index (χ1) is 11.3. The highest BCUT2D eigenvalue weighted by molar-refractivity contribution is 5.93. The number of phenolic OH excluding ortho intramolecular Hbond substituents is 2. The van der Waals surface area contributed by atoms with Gasteiger partial charge in [0.25, 0.3) is 0 Å². The fourth-order valence-electron chi connectivity index (χ4n) is 1.51. The van der Waals surface area contributed by atoms with Crippen molar-refractivity contribution in [2.45, 2.75) is 12.1 Å². The highest BCUT2D eigenvalue weighted by Gasteiger charge is 2.26. The number of carbonyl (C=O) groups is 3. The fourth-order valence-corrected chi connectivity index (χ4v) is 1.51. The summed E-state index contributed by atoms with van der Waals surface area (Å²) in [5, 5.41) is 47.3. The number of para-hydroxylation sites is 1. The number of carboxylic acids is 1. The van der Waals surface area contributed by atoms with Crippen LogP contribution >= 0.6 is 0 Å². The Labute approximate surface area is 135 Å². The van der Waals surface area contributed by atoms with E-state index in [1.165, 1.54) is 6.07 Å². The molecule has 0 aromatic heterocycles. The SMILES string of the molecule is O=C(ON[C@@H](CO)C(=O)N[C@@H](CO)C(=O)O)c1cccc(O)c1O. The average Bonchev–Trinajstić information content (AvgIpc) is 2.55. The lowest BCUT2D eigenvalue weighted by molar-refractivity contribution is -0.144. The van der Waals surface area contributed by atoms with Crippen molar-refractivity contribution in [2.24, 2.45) is 0 Å². The molecule has 132 valence electrons. The first kappa shape index (κ1) is 19.2. The number of aliphatic hydroxyl groups excluding tert-OH is 2. The molecule has 2 atom stereocenters. The van der Waals surface area contributed by atoms with Crippen molar-refractivity contribution in [1.82, 2.24) is 10.8 Å². The van der Waals surface area contributed by atoms with E-state index in [0.717, 1.165) is 12.1 Å². The van der Waals surface area contributed by atoms with Gasteiger partial charge in [0.15, 0.2) is 11.5 Å². The topological polar surface area (TPSA) is 186 Å². The normalized spacial score (nSPS) is 12.9. The molecule has 0 saturated carbocycles. The van der Waals surface area contributed by atoms with Crippen LogP contribution in [0.3, 0.4) is 0 Å². The van der Waals surface area contributed by atoms with Crippen molar-refractivity contribution in [3.05, 3.63) is 23.8 Å². The number of hydrogen-bond donors (Lipinski definition) is 7. The van der Waals surface area contributed by atoms with Crippen LogP contribution < -0.4 is 10.8 Å². The van der Waals surface area contributed by atoms with Gasteiger partial charge >= 0.3 is 11.9 Å². The van der Waals surface area contributed by atoms with Crippen molar-refractivity contribution in [2.75, 3.05) is 13.2 Å². The molecule has 1 rings (SSSR count). The number of benzene rings is 1. The quantitative estimate of drug-likeness (QED) is 0.199. The smallest absolute Gasteiger partial charge is 0.360 e. The number of nitrogens with one attached hydrogen (secondary N) is 2. The van der Waals surface area contributed by atoms with Crippen LogP contribution in [0.2, 0.25) is 0 Å². The summed E-state index contributed by atoms with van der Waals surface area (Å²) in [6, 6.07) is 0.408. The molecular formula is C13H16N2O9. The number of aliphatic hydroxyl groups is 2. The van der Waals surface area contributed by atoms with Gasteiger partial charge in [-0.25, -0.2) is 9.59 Å². The lowest BCUT2D eigenvalue weighted by atomic mass is 10.2. The van der Waals surface area contributed by atoms with Crippen LogP contribution in [0.25, 0.3) is 0 Å². The number of aromatic hydroxyl groups is 2. The lowest BCUT2D eigenvalue weighted by Gasteiger charge is -2.18. The summed E-state index contributed by atoms with van der Waals surface area (Å²) in [5.74, 6) is -5.00. The number of carboxylic acid groups (broad SMARTS) is 1. The largest absolute Gasteiger partial charge is 0.504 e. The maximum Gasteiger partial charge on any atom is 0.360 e. The summed E-state index contributed by atoms with van der Waals surface area (Å²) >= 11 is 0. The Balaban J connectivity index is 2.69. The number of rotatable bonds is 8. The van der Waals surface area contributed by atoms with Gasteiger partial charge in [-0.1, -0.05) is 6.07 Å². The van der Waals surface area contributed by atoms with Gasteiger partial charge in [-0.15, -0.1) is 5.48 Å². The number of phenols is 2. The molecule has 0 saturated heterocycles. The Morgan fingerprint density at radius 1 is 1.08 bits per heavy atom. The zero-order valence-electron chi connectivity index (χ0n) is 12.2. The van der Waals surface area contributed by atoms with E-state index in [4.69, 9.17) is 15.3 Å². The van der Waals surface area contributed by atoms with Gasteiger partial charge in [-0.3, -0.25) is 4.79 Å². The third-order valence-electron chi connectivity index (χ3n) is 2.82. The molecule has 0 heterocycles. The number of aliphatic carboxylic acids is 1. The molecule has 1 aromatic rings. The number of carbonyl (C=O) groups excluding carboxylic acids is 2. The van der Waals surface area contributed by atoms with Gasteiger partial charge in [-0.2, -0.15) is 0 Å². The standard InChI is InChI=1S/C13H16N2O9/c16-4-7(11(20)14-8(5-17)12(21)22)15-24-13(23)6-2-1-3-9(18)10(6)19/h1-3,7-8,15-19H,4-5H2,(H,14,20)(H,21,22)/t7-,8-/m0/s1. The van der Waals surface area contributed by atoms with E-state index in [2.05, 4.69) is 4.84 Å². The fraction of sp³-hybridized carbons (Fsp3) is 0.308. The maximum atomic E-state index is 11.7. The van der Waals surface area contributed by atoms with Gasteiger partial charge < -0.3 is 35.7 Å². The molecule has 0 bridgehead atoms. The van der Waals surface area contributed by atoms with Crippen molar-refractivity contribution in [1.29, 1.82) is 0 Å². The summed E-state index contributed by atoms with van der Waals surface area (Å²) in [6.45, 7) is -1.74. The second-order valence-electron chi connectivity index (χ2n) is 4.50. The Morgan fingerprint density at radius 3 is 2.25 bits per heavy atom. The molecule has 0 aliphatic heterocycles. The molecule has 1 aromatic carbocycles. The van der Waals surface area contributed by atoms with E-state index in [0.29, 0.717) is 0 Å². The van der Waals surface area contributed by atoms with E-state index in [1.54, 1.807) is 0 Å². The molecule has 0 aliphatic carbocycles. The first-order valence-electron chi connectivity index (χ1n) is 6.54. The minimum atomic E-state index is -1.60. The van der Waals surface area contributed by atoms with Gasteiger partial charge in [-0.05, 0) is 12.1 Å². The minimum Gasteiger partial charge on any atom is -0.504 e. The zero-order valence-corrected chi connectivity index (χ0v) is 12.2. The molecule has 11 heteroatoms. The van der Waals surface area contributed by atoms with Crippen LogP contribution in [0.1, 0.15) is 10.4 Å². The lowest BCUT2D eigenvalue weighted by Crippen LogP contribution is -2.53. The third-order valence-corrected chi connectivity index (χ3v) is 2.82. The van der Waals surface area contributed by atoms with E-state index < -0.39 is 60.2 Å². The van der Waals surface area contributed by atoms with Gasteiger partial charge in [0, 0.05) is 0 Å². The van der Waals surface area contributed by atoms with Crippen LogP contribution in [0.4, 0.5) is 0 Å². The van der Waals surface area contributed by atoms with Crippen molar-refractivity contribution < 1.29 is 44.8 Å². The van der Waals surface area contributed by atoms with Gasteiger partial charge in [0.1, 0.15) is 17.6 Å². The van der Waals surface area contributed by atoms with Crippen LogP contribution in [0, 0.1) is 0 Å². The molecule has 0 radical (unpaired) electrons. The van der Waals surface area contributed by atoms with Crippen molar-refractivity contribution in [3.8, 4) is 11.5 Å². The first-order valence-corrected chi connectivity index (χ1v) is 6.54. The third kappa shape index (κ3) is 4.81. The van der Waals surface area contributed by atoms with Crippen LogP contribution in [0.15, 0.2) is 18.2 Å². The Hall–Kier alpha value is -2.89. The summed E-state index contributed by atoms with van der Waals surface area (Å²) in [7, 11) is 0. The van der Waals surface area contributed by atoms with Crippen molar-refractivity contribution >= 4 is 17.8 Å². The van der Waals surface area contributed by atoms with Crippen LogP contribution in [0.5, 0.6) is 11.5 Å². The molecule has 0 unspecified atom stereocenters. The predicted octanol–water partition coefficient (Wildman–Crippen LogP) is -2.32. The molecule has 24 heavy (non-hydrogen) atoms. The number of amides is 1. The number of hydroxylamine groups is 1.